The van der Waals surface area contributed by atoms with Gasteiger partial charge in [-0.05, 0) is 43.4 Å². The van der Waals surface area contributed by atoms with Gasteiger partial charge in [0, 0.05) is 0 Å². The molecule has 0 atom stereocenters. The molecule has 0 aromatic heterocycles. The van der Waals surface area contributed by atoms with Gasteiger partial charge in [-0.3, -0.25) is 0 Å². The highest BCUT2D eigenvalue weighted by molar-refractivity contribution is 5.43. The summed E-state index contributed by atoms with van der Waals surface area (Å²) in [5.41, 5.74) is 1.17. The van der Waals surface area contributed by atoms with Gasteiger partial charge in [-0.1, -0.05) is 43.4 Å². The van der Waals surface area contributed by atoms with E-state index in [-0.39, 0.29) is 0 Å². The summed E-state index contributed by atoms with van der Waals surface area (Å²) < 4.78 is 11.1. The number of methoxy groups -OCH3 is 1. The average Bonchev–Trinajstić information content (AvgIpc) is 2.51. The lowest BCUT2D eigenvalue weighted by Gasteiger charge is -2.10. The van der Waals surface area contributed by atoms with E-state index >= 15 is 0 Å². The van der Waals surface area contributed by atoms with Crippen molar-refractivity contribution in [3.8, 4) is 11.5 Å². The maximum absolute atomic E-state index is 5.73. The van der Waals surface area contributed by atoms with Gasteiger partial charge in [0.15, 0.2) is 11.5 Å². The third-order valence-electron chi connectivity index (χ3n) is 3.01. The quantitative estimate of drug-likeness (QED) is 0.440. The third kappa shape index (κ3) is 6.84. The highest BCUT2D eigenvalue weighted by Gasteiger charge is 2.04. The van der Waals surface area contributed by atoms with E-state index in [1.165, 1.54) is 5.56 Å². The second kappa shape index (κ2) is 10.8. The van der Waals surface area contributed by atoms with E-state index in [4.69, 9.17) is 9.47 Å². The fourth-order valence-corrected chi connectivity index (χ4v) is 1.93. The molecular weight excluding hydrogens is 260 g/mol. The highest BCUT2D eigenvalue weighted by Crippen LogP contribution is 2.28. The van der Waals surface area contributed by atoms with E-state index in [0.717, 1.165) is 37.2 Å². The maximum Gasteiger partial charge on any atom is 0.161 e. The predicted octanol–water partition coefficient (Wildman–Crippen LogP) is 5.11. The lowest BCUT2D eigenvalue weighted by Crippen LogP contribution is -1.97. The molecule has 1 rings (SSSR count). The lowest BCUT2D eigenvalue weighted by atomic mass is 10.1. The van der Waals surface area contributed by atoms with Crippen LogP contribution < -0.4 is 9.47 Å². The summed E-state index contributed by atoms with van der Waals surface area (Å²) in [5.74, 6) is 1.55. The Kier molecular flexibility index (Phi) is 8.78. The molecule has 0 aliphatic rings. The van der Waals surface area contributed by atoms with Crippen LogP contribution in [0.15, 0.2) is 55.2 Å². The van der Waals surface area contributed by atoms with Gasteiger partial charge < -0.3 is 9.47 Å². The minimum Gasteiger partial charge on any atom is -0.493 e. The van der Waals surface area contributed by atoms with Crippen molar-refractivity contribution in [3.05, 3.63) is 60.7 Å². The normalized spacial score (nSPS) is 11.1. The fourth-order valence-electron chi connectivity index (χ4n) is 1.93. The predicted molar refractivity (Wildman–Crippen MR) is 90.2 cm³/mol. The van der Waals surface area contributed by atoms with Gasteiger partial charge in [-0.2, -0.15) is 0 Å². The van der Waals surface area contributed by atoms with Crippen molar-refractivity contribution in [2.45, 2.75) is 32.6 Å². The standard InChI is InChI=1S/C19H26O2/c1-4-6-7-8-9-10-11-15-21-18-14-13-17(12-5-2)16-19(18)20-3/h5-7,10-11,13-14,16H,2,4,8-9,12,15H2,1,3H3. The molecule has 1 aromatic carbocycles. The van der Waals surface area contributed by atoms with Crippen LogP contribution in [0.3, 0.4) is 0 Å². The second-order valence-corrected chi connectivity index (χ2v) is 4.72. The Balaban J connectivity index is 2.42. The molecule has 2 nitrogen and oxygen atoms in total. The molecular formula is C19H26O2. The zero-order valence-corrected chi connectivity index (χ0v) is 13.2. The fraction of sp³-hybridized carbons (Fsp3) is 0.368. The molecule has 0 N–H and O–H groups in total. The van der Waals surface area contributed by atoms with Crippen molar-refractivity contribution in [2.75, 3.05) is 13.7 Å². The second-order valence-electron chi connectivity index (χ2n) is 4.72. The zero-order chi connectivity index (χ0) is 15.3. The van der Waals surface area contributed by atoms with Crippen molar-refractivity contribution in [3.63, 3.8) is 0 Å². The Morgan fingerprint density at radius 2 is 1.81 bits per heavy atom. The Morgan fingerprint density at radius 3 is 2.48 bits per heavy atom. The van der Waals surface area contributed by atoms with Crippen LogP contribution in [0.25, 0.3) is 0 Å². The van der Waals surface area contributed by atoms with Crippen LogP contribution in [0, 0.1) is 0 Å². The van der Waals surface area contributed by atoms with E-state index in [1.807, 2.05) is 24.3 Å². The van der Waals surface area contributed by atoms with Gasteiger partial charge >= 0.3 is 0 Å². The zero-order valence-electron chi connectivity index (χ0n) is 13.2. The molecule has 0 fully saturated rings. The van der Waals surface area contributed by atoms with Crippen LogP contribution in [0.5, 0.6) is 11.5 Å². The number of allylic oxidation sites excluding steroid dienone is 4. The van der Waals surface area contributed by atoms with E-state index in [9.17, 15) is 0 Å². The first-order valence-corrected chi connectivity index (χ1v) is 7.52. The monoisotopic (exact) mass is 286 g/mol. The molecule has 0 spiro atoms. The van der Waals surface area contributed by atoms with Crippen molar-refractivity contribution in [1.29, 1.82) is 0 Å². The summed E-state index contributed by atoms with van der Waals surface area (Å²) in [6.07, 6.45) is 14.6. The molecule has 0 aliphatic carbocycles. The minimum absolute atomic E-state index is 0.564. The molecule has 21 heavy (non-hydrogen) atoms. The molecule has 0 heterocycles. The number of hydrogen-bond donors (Lipinski definition) is 0. The van der Waals surface area contributed by atoms with Crippen molar-refractivity contribution in [2.24, 2.45) is 0 Å². The molecule has 0 aliphatic heterocycles. The highest BCUT2D eigenvalue weighted by atomic mass is 16.5. The smallest absolute Gasteiger partial charge is 0.161 e. The van der Waals surface area contributed by atoms with Crippen molar-refractivity contribution in [1.82, 2.24) is 0 Å². The first-order valence-electron chi connectivity index (χ1n) is 7.52. The molecule has 114 valence electrons. The van der Waals surface area contributed by atoms with E-state index in [2.05, 4.69) is 37.8 Å². The lowest BCUT2D eigenvalue weighted by molar-refractivity contribution is 0.326. The molecule has 0 radical (unpaired) electrons. The van der Waals surface area contributed by atoms with Crippen LogP contribution in [0.4, 0.5) is 0 Å². The van der Waals surface area contributed by atoms with Gasteiger partial charge in [-0.15, -0.1) is 6.58 Å². The summed E-state index contributed by atoms with van der Waals surface area (Å²) in [4.78, 5) is 0. The largest absolute Gasteiger partial charge is 0.493 e. The Labute approximate surface area is 128 Å². The number of hydrogen-bond acceptors (Lipinski definition) is 2. The average molecular weight is 286 g/mol. The van der Waals surface area contributed by atoms with Crippen LogP contribution in [-0.4, -0.2) is 13.7 Å². The molecule has 1 aromatic rings. The minimum atomic E-state index is 0.564. The van der Waals surface area contributed by atoms with Gasteiger partial charge in [0.2, 0.25) is 0 Å². The Bertz CT molecular complexity index is 472. The van der Waals surface area contributed by atoms with Crippen LogP contribution in [-0.2, 0) is 6.42 Å². The number of unbranched alkanes of at least 4 members (excludes halogenated alkanes) is 1. The number of benzene rings is 1. The molecule has 0 bridgehead atoms. The maximum atomic E-state index is 5.73. The summed E-state index contributed by atoms with van der Waals surface area (Å²) in [7, 11) is 1.66. The SMILES string of the molecule is C=CCc1ccc(OCC=CCCC=CCC)c(OC)c1. The first kappa shape index (κ1) is 17.1. The van der Waals surface area contributed by atoms with Gasteiger partial charge in [0.05, 0.1) is 7.11 Å². The van der Waals surface area contributed by atoms with Gasteiger partial charge in [0.1, 0.15) is 6.61 Å². The number of rotatable bonds is 10. The third-order valence-corrected chi connectivity index (χ3v) is 3.01. The summed E-state index contributed by atoms with van der Waals surface area (Å²) >= 11 is 0. The summed E-state index contributed by atoms with van der Waals surface area (Å²) in [5, 5.41) is 0. The van der Waals surface area contributed by atoms with Crippen molar-refractivity contribution < 1.29 is 9.47 Å². The Hall–Kier alpha value is -1.96. The topological polar surface area (TPSA) is 18.5 Å². The van der Waals surface area contributed by atoms with Crippen LogP contribution in [0.2, 0.25) is 0 Å². The molecule has 0 amide bonds. The number of ether oxygens (including phenoxy) is 2. The molecule has 0 saturated heterocycles. The van der Waals surface area contributed by atoms with Gasteiger partial charge in [-0.25, -0.2) is 0 Å². The molecule has 0 saturated carbocycles. The van der Waals surface area contributed by atoms with Gasteiger partial charge in [0.25, 0.3) is 0 Å². The van der Waals surface area contributed by atoms with Crippen LogP contribution >= 0.6 is 0 Å². The summed E-state index contributed by atoms with van der Waals surface area (Å²) in [6, 6.07) is 5.99. The molecule has 2 heteroatoms. The summed E-state index contributed by atoms with van der Waals surface area (Å²) in [6.45, 7) is 6.46. The van der Waals surface area contributed by atoms with E-state index < -0.39 is 0 Å². The molecule has 0 unspecified atom stereocenters. The van der Waals surface area contributed by atoms with E-state index in [1.54, 1.807) is 7.11 Å². The van der Waals surface area contributed by atoms with E-state index in [0.29, 0.717) is 6.61 Å². The van der Waals surface area contributed by atoms with Crippen molar-refractivity contribution >= 4 is 0 Å². The Morgan fingerprint density at radius 1 is 1.05 bits per heavy atom. The first-order chi connectivity index (χ1) is 10.3. The van der Waals surface area contributed by atoms with Crippen LogP contribution in [0.1, 0.15) is 31.7 Å².